The zero-order valence-electron chi connectivity index (χ0n) is 15.6. The lowest BCUT2D eigenvalue weighted by Gasteiger charge is -2.34. The molecule has 1 saturated heterocycles. The van der Waals surface area contributed by atoms with Crippen molar-refractivity contribution in [3.05, 3.63) is 65.7 Å². The Balaban J connectivity index is 1.80. The first kappa shape index (κ1) is 19.5. The lowest BCUT2D eigenvalue weighted by Crippen LogP contribution is -2.52. The number of hydrogen-bond acceptors (Lipinski definition) is 4. The molecule has 0 bridgehead atoms. The van der Waals surface area contributed by atoms with Gasteiger partial charge in [-0.15, -0.1) is 0 Å². The third kappa shape index (κ3) is 4.55. The van der Waals surface area contributed by atoms with Crippen molar-refractivity contribution in [1.82, 2.24) is 14.9 Å². The summed E-state index contributed by atoms with van der Waals surface area (Å²) in [5.41, 5.74) is 1.27. The van der Waals surface area contributed by atoms with Crippen LogP contribution in [-0.4, -0.2) is 44.9 Å². The zero-order chi connectivity index (χ0) is 19.4. The fourth-order valence-electron chi connectivity index (χ4n) is 3.22. The molecule has 1 amide bonds. The predicted octanol–water partition coefficient (Wildman–Crippen LogP) is 2.16. The quantitative estimate of drug-likeness (QED) is 0.824. The Morgan fingerprint density at radius 1 is 1.19 bits per heavy atom. The molecule has 7 heteroatoms. The molecule has 2 aromatic rings. The summed E-state index contributed by atoms with van der Waals surface area (Å²) in [6.45, 7) is 5.86. The Morgan fingerprint density at radius 2 is 1.93 bits per heavy atom. The van der Waals surface area contributed by atoms with Crippen LogP contribution in [0.2, 0.25) is 0 Å². The molecule has 2 N–H and O–H groups in total. The van der Waals surface area contributed by atoms with Gasteiger partial charge in [-0.05, 0) is 37.6 Å². The lowest BCUT2D eigenvalue weighted by molar-refractivity contribution is 0.0655. The van der Waals surface area contributed by atoms with Crippen LogP contribution in [0, 0.1) is 0 Å². The topological polar surface area (TPSA) is 78.5 Å². The molecule has 1 heterocycles. The standard InChI is InChI=1S/C20H25N3O3S/c1-15-14-21-11-12-23(15)20(24)18-9-6-10-19(13-18)27(25,26)22-16(2)17-7-4-3-5-8-17/h3-10,13,15-16,21-22H,11-12,14H2,1-2H3/t15-,16?/m1/s1. The van der Waals surface area contributed by atoms with Crippen LogP contribution in [-0.2, 0) is 10.0 Å². The molecule has 0 spiro atoms. The Bertz CT molecular complexity index is 900. The average Bonchev–Trinajstić information content (AvgIpc) is 2.68. The maximum atomic E-state index is 12.8. The molecule has 0 aromatic heterocycles. The van der Waals surface area contributed by atoms with Gasteiger partial charge in [0.1, 0.15) is 0 Å². The maximum absolute atomic E-state index is 12.8. The highest BCUT2D eigenvalue weighted by molar-refractivity contribution is 7.89. The first-order valence-electron chi connectivity index (χ1n) is 9.07. The summed E-state index contributed by atoms with van der Waals surface area (Å²) in [4.78, 5) is 14.7. The Morgan fingerprint density at radius 3 is 2.63 bits per heavy atom. The summed E-state index contributed by atoms with van der Waals surface area (Å²) in [5, 5.41) is 3.24. The van der Waals surface area contributed by atoms with Crippen LogP contribution in [0.15, 0.2) is 59.5 Å². The maximum Gasteiger partial charge on any atom is 0.254 e. The van der Waals surface area contributed by atoms with Gasteiger partial charge in [0.15, 0.2) is 0 Å². The van der Waals surface area contributed by atoms with Crippen molar-refractivity contribution in [2.75, 3.05) is 19.6 Å². The number of benzene rings is 2. The third-order valence-electron chi connectivity index (χ3n) is 4.78. The number of nitrogens with zero attached hydrogens (tertiary/aromatic N) is 1. The SMILES string of the molecule is CC(NS(=O)(=O)c1cccc(C(=O)N2CCNC[C@H]2C)c1)c1ccccc1. The number of nitrogens with one attached hydrogen (secondary N) is 2. The molecule has 0 saturated carbocycles. The van der Waals surface area contributed by atoms with E-state index in [0.29, 0.717) is 12.1 Å². The first-order chi connectivity index (χ1) is 12.9. The summed E-state index contributed by atoms with van der Waals surface area (Å²) in [6, 6.07) is 15.3. The molecule has 1 aliphatic rings. The van der Waals surface area contributed by atoms with E-state index >= 15 is 0 Å². The molecule has 2 aromatic carbocycles. The van der Waals surface area contributed by atoms with E-state index in [1.54, 1.807) is 24.0 Å². The molecule has 6 nitrogen and oxygen atoms in total. The van der Waals surface area contributed by atoms with Crippen LogP contribution in [0.1, 0.15) is 35.8 Å². The van der Waals surface area contributed by atoms with Crippen molar-refractivity contribution in [2.45, 2.75) is 30.8 Å². The monoisotopic (exact) mass is 387 g/mol. The molecule has 0 radical (unpaired) electrons. The molecule has 1 aliphatic heterocycles. The van der Waals surface area contributed by atoms with Gasteiger partial charge >= 0.3 is 0 Å². The van der Waals surface area contributed by atoms with Crippen molar-refractivity contribution in [1.29, 1.82) is 0 Å². The highest BCUT2D eigenvalue weighted by atomic mass is 32.2. The average molecular weight is 388 g/mol. The molecule has 144 valence electrons. The number of piperazine rings is 1. The number of carbonyl (C=O) groups is 1. The normalized spacial score (nSPS) is 18.9. The summed E-state index contributed by atoms with van der Waals surface area (Å²) in [6.07, 6.45) is 0. The largest absolute Gasteiger partial charge is 0.333 e. The van der Waals surface area contributed by atoms with Gasteiger partial charge < -0.3 is 10.2 Å². The molecular formula is C20H25N3O3S. The van der Waals surface area contributed by atoms with Crippen molar-refractivity contribution < 1.29 is 13.2 Å². The number of hydrogen-bond donors (Lipinski definition) is 2. The van der Waals surface area contributed by atoms with E-state index in [9.17, 15) is 13.2 Å². The highest BCUT2D eigenvalue weighted by Gasteiger charge is 2.25. The second kappa shape index (κ2) is 8.21. The van der Waals surface area contributed by atoms with Gasteiger partial charge in [-0.25, -0.2) is 13.1 Å². The molecule has 1 unspecified atom stereocenters. The van der Waals surface area contributed by atoms with Crippen molar-refractivity contribution >= 4 is 15.9 Å². The van der Waals surface area contributed by atoms with Crippen LogP contribution >= 0.6 is 0 Å². The predicted molar refractivity (Wildman–Crippen MR) is 105 cm³/mol. The number of rotatable bonds is 5. The Hall–Kier alpha value is -2.22. The van der Waals surface area contributed by atoms with Gasteiger partial charge in [-0.3, -0.25) is 4.79 Å². The molecule has 3 rings (SSSR count). The smallest absolute Gasteiger partial charge is 0.254 e. The van der Waals surface area contributed by atoms with E-state index in [2.05, 4.69) is 10.0 Å². The van der Waals surface area contributed by atoms with Crippen LogP contribution < -0.4 is 10.0 Å². The van der Waals surface area contributed by atoms with Gasteiger partial charge in [0.05, 0.1) is 4.90 Å². The molecule has 2 atom stereocenters. The van der Waals surface area contributed by atoms with E-state index in [0.717, 1.165) is 18.7 Å². The van der Waals surface area contributed by atoms with Gasteiger partial charge in [-0.2, -0.15) is 0 Å². The summed E-state index contributed by atoms with van der Waals surface area (Å²) < 4.78 is 28.3. The first-order valence-corrected chi connectivity index (χ1v) is 10.6. The Kier molecular flexibility index (Phi) is 5.94. The van der Waals surface area contributed by atoms with E-state index in [-0.39, 0.29) is 22.9 Å². The summed E-state index contributed by atoms with van der Waals surface area (Å²) in [7, 11) is -3.74. The van der Waals surface area contributed by atoms with E-state index in [1.807, 2.05) is 37.3 Å². The number of sulfonamides is 1. The van der Waals surface area contributed by atoms with Crippen molar-refractivity contribution in [2.24, 2.45) is 0 Å². The zero-order valence-corrected chi connectivity index (χ0v) is 16.4. The molecule has 27 heavy (non-hydrogen) atoms. The van der Waals surface area contributed by atoms with E-state index < -0.39 is 10.0 Å². The van der Waals surface area contributed by atoms with Crippen molar-refractivity contribution in [3.8, 4) is 0 Å². The minimum atomic E-state index is -3.74. The van der Waals surface area contributed by atoms with Crippen LogP contribution in [0.5, 0.6) is 0 Å². The summed E-state index contributed by atoms with van der Waals surface area (Å²) >= 11 is 0. The van der Waals surface area contributed by atoms with Crippen LogP contribution in [0.25, 0.3) is 0 Å². The minimum absolute atomic E-state index is 0.0720. The number of amides is 1. The Labute approximate surface area is 160 Å². The van der Waals surface area contributed by atoms with E-state index in [1.165, 1.54) is 12.1 Å². The molecule has 1 fully saturated rings. The van der Waals surface area contributed by atoms with E-state index in [4.69, 9.17) is 0 Å². The van der Waals surface area contributed by atoms with Crippen LogP contribution in [0.4, 0.5) is 0 Å². The van der Waals surface area contributed by atoms with Gasteiger partial charge in [0, 0.05) is 37.3 Å². The highest BCUT2D eigenvalue weighted by Crippen LogP contribution is 2.19. The van der Waals surface area contributed by atoms with Gasteiger partial charge in [0.2, 0.25) is 10.0 Å². The second-order valence-corrected chi connectivity index (χ2v) is 8.55. The number of carbonyl (C=O) groups excluding carboxylic acids is 1. The molecular weight excluding hydrogens is 362 g/mol. The molecule has 0 aliphatic carbocycles. The summed E-state index contributed by atoms with van der Waals surface area (Å²) in [5.74, 6) is -0.142. The fraction of sp³-hybridized carbons (Fsp3) is 0.350. The van der Waals surface area contributed by atoms with Gasteiger partial charge in [0.25, 0.3) is 5.91 Å². The fourth-order valence-corrected chi connectivity index (χ4v) is 4.49. The van der Waals surface area contributed by atoms with Crippen LogP contribution in [0.3, 0.4) is 0 Å². The van der Waals surface area contributed by atoms with Crippen molar-refractivity contribution in [3.63, 3.8) is 0 Å². The third-order valence-corrected chi connectivity index (χ3v) is 6.32. The minimum Gasteiger partial charge on any atom is -0.333 e. The second-order valence-electron chi connectivity index (χ2n) is 6.83. The lowest BCUT2D eigenvalue weighted by atomic mass is 10.1. The van der Waals surface area contributed by atoms with Gasteiger partial charge in [-0.1, -0.05) is 36.4 Å².